The maximum Gasteiger partial charge on any atom is 0.237 e. The summed E-state index contributed by atoms with van der Waals surface area (Å²) in [7, 11) is 1.62. The number of morpholine rings is 1. The lowest BCUT2D eigenvalue weighted by Crippen LogP contribution is -2.50. The average molecular weight is 479 g/mol. The third-order valence-electron chi connectivity index (χ3n) is 6.86. The fourth-order valence-corrected chi connectivity index (χ4v) is 6.36. The Morgan fingerprint density at radius 2 is 2.26 bits per heavy atom. The Bertz CT molecular complexity index is 1310. The van der Waals surface area contributed by atoms with Crippen LogP contribution < -0.4 is 10.1 Å². The van der Waals surface area contributed by atoms with E-state index in [1.54, 1.807) is 24.8 Å². The molecule has 2 atom stereocenters. The number of hydrogen-bond donors (Lipinski definition) is 1. The molecule has 0 unspecified atom stereocenters. The number of methoxy groups -OCH3 is 1. The zero-order chi connectivity index (χ0) is 23.2. The molecule has 3 aromatic heterocycles. The maximum absolute atomic E-state index is 13.3. The van der Waals surface area contributed by atoms with Crippen molar-refractivity contribution in [3.63, 3.8) is 0 Å². The molecular formula is C24H26N6O3S. The van der Waals surface area contributed by atoms with Gasteiger partial charge in [0, 0.05) is 29.1 Å². The minimum absolute atomic E-state index is 0.00535. The van der Waals surface area contributed by atoms with Crippen molar-refractivity contribution >= 4 is 45.2 Å². The van der Waals surface area contributed by atoms with Gasteiger partial charge in [0.25, 0.3) is 0 Å². The van der Waals surface area contributed by atoms with Gasteiger partial charge in [-0.25, -0.2) is 15.0 Å². The molecule has 2 aliphatic heterocycles. The second kappa shape index (κ2) is 8.59. The lowest BCUT2D eigenvalue weighted by molar-refractivity contribution is -0.143. The van der Waals surface area contributed by atoms with Gasteiger partial charge in [-0.1, -0.05) is 0 Å². The number of pyridine rings is 1. The minimum Gasteiger partial charge on any atom is -0.480 e. The molecule has 0 spiro atoms. The van der Waals surface area contributed by atoms with Crippen molar-refractivity contribution in [1.82, 2.24) is 19.9 Å². The van der Waals surface area contributed by atoms with Crippen LogP contribution >= 0.6 is 11.3 Å². The van der Waals surface area contributed by atoms with Crippen LogP contribution in [-0.4, -0.2) is 64.9 Å². The lowest BCUT2D eigenvalue weighted by Gasteiger charge is -2.36. The van der Waals surface area contributed by atoms with E-state index in [0.717, 1.165) is 52.2 Å². The largest absolute Gasteiger partial charge is 0.480 e. The van der Waals surface area contributed by atoms with E-state index in [-0.39, 0.29) is 17.9 Å². The molecule has 1 N–H and O–H groups in total. The Hall–Kier alpha value is -3.11. The predicted octanol–water partition coefficient (Wildman–Crippen LogP) is 3.12. The predicted molar refractivity (Wildman–Crippen MR) is 130 cm³/mol. The topological polar surface area (TPSA) is 102 Å². The van der Waals surface area contributed by atoms with Gasteiger partial charge in [0.2, 0.25) is 11.8 Å². The highest BCUT2D eigenvalue weighted by Gasteiger charge is 2.34. The molecule has 176 valence electrons. The standard InChI is InChI=1S/C24H26N6O3S/c1-13-11-33-6-5-30(13)24(31)14-3-4-16-19(8-14)34-23-20(16)21(26-12-27-23)28-17-7-15-9-25-10-18(15)29-22(17)32-2/h7,9,12-14H,3-6,8,10-11H2,1-2H3,(H,26,27,28)/t13-,14-/m0/s1. The number of aryl methyl sites for hydroxylation is 1. The highest BCUT2D eigenvalue weighted by atomic mass is 32.1. The van der Waals surface area contributed by atoms with Gasteiger partial charge >= 0.3 is 0 Å². The van der Waals surface area contributed by atoms with E-state index in [9.17, 15) is 4.79 Å². The van der Waals surface area contributed by atoms with Gasteiger partial charge < -0.3 is 19.7 Å². The first-order valence-corrected chi connectivity index (χ1v) is 12.4. The van der Waals surface area contributed by atoms with Crippen LogP contribution in [0.15, 0.2) is 17.4 Å². The maximum atomic E-state index is 13.3. The van der Waals surface area contributed by atoms with E-state index in [2.05, 4.69) is 32.2 Å². The van der Waals surface area contributed by atoms with Gasteiger partial charge in [-0.05, 0) is 37.8 Å². The number of aromatic nitrogens is 3. The number of amides is 1. The van der Waals surface area contributed by atoms with Crippen molar-refractivity contribution < 1.29 is 14.3 Å². The number of hydrogen-bond acceptors (Lipinski definition) is 9. The SMILES string of the molecule is COc1nc2c(cc1Nc1ncnc3sc4c(c13)CC[C@H](C(=O)N1CCOC[C@@H]1C)C4)C=NC2. The second-order valence-electron chi connectivity index (χ2n) is 8.98. The van der Waals surface area contributed by atoms with E-state index < -0.39 is 0 Å². The first-order valence-electron chi connectivity index (χ1n) is 11.6. The molecule has 5 heterocycles. The Kier molecular flexibility index (Phi) is 5.41. The van der Waals surface area contributed by atoms with Crippen molar-refractivity contribution in [2.75, 3.05) is 32.2 Å². The summed E-state index contributed by atoms with van der Waals surface area (Å²) in [5.74, 6) is 1.51. The van der Waals surface area contributed by atoms with Crippen molar-refractivity contribution in [1.29, 1.82) is 0 Å². The van der Waals surface area contributed by atoms with Crippen molar-refractivity contribution in [3.8, 4) is 5.88 Å². The van der Waals surface area contributed by atoms with Crippen LogP contribution in [0.25, 0.3) is 10.2 Å². The van der Waals surface area contributed by atoms with Crippen LogP contribution in [0.5, 0.6) is 5.88 Å². The Morgan fingerprint density at radius 3 is 3.12 bits per heavy atom. The molecule has 1 amide bonds. The number of fused-ring (bicyclic) bond motifs is 4. The number of aliphatic imine (C=N–C) groups is 1. The smallest absolute Gasteiger partial charge is 0.237 e. The normalized spacial score (nSPS) is 21.4. The molecule has 0 aromatic carbocycles. The quantitative estimate of drug-likeness (QED) is 0.615. The number of nitrogens with one attached hydrogen (secondary N) is 1. The van der Waals surface area contributed by atoms with E-state index >= 15 is 0 Å². The molecule has 0 saturated carbocycles. The van der Waals surface area contributed by atoms with Gasteiger partial charge in [0.15, 0.2) is 0 Å². The zero-order valence-corrected chi connectivity index (χ0v) is 20.0. The summed E-state index contributed by atoms with van der Waals surface area (Å²) in [5.41, 5.74) is 3.89. The third kappa shape index (κ3) is 3.61. The first-order chi connectivity index (χ1) is 16.6. The average Bonchev–Trinajstić information content (AvgIpc) is 3.47. The summed E-state index contributed by atoms with van der Waals surface area (Å²) in [6.07, 6.45) is 5.83. The first kappa shape index (κ1) is 21.4. The van der Waals surface area contributed by atoms with Crippen LogP contribution in [0.1, 0.15) is 35.0 Å². The number of ether oxygens (including phenoxy) is 2. The third-order valence-corrected chi connectivity index (χ3v) is 8.03. The van der Waals surface area contributed by atoms with Crippen LogP contribution in [0, 0.1) is 5.92 Å². The molecule has 3 aliphatic rings. The number of carbonyl (C=O) groups is 1. The molecule has 1 saturated heterocycles. The van der Waals surface area contributed by atoms with Gasteiger partial charge in [0.05, 0.1) is 44.0 Å². The fraction of sp³-hybridized carbons (Fsp3) is 0.458. The van der Waals surface area contributed by atoms with Gasteiger partial charge in [-0.3, -0.25) is 9.79 Å². The highest BCUT2D eigenvalue weighted by molar-refractivity contribution is 7.19. The summed E-state index contributed by atoms with van der Waals surface area (Å²) in [5, 5.41) is 4.47. The molecule has 3 aromatic rings. The number of nitrogens with zero attached hydrogens (tertiary/aromatic N) is 5. The summed E-state index contributed by atoms with van der Waals surface area (Å²) in [6, 6.07) is 2.13. The van der Waals surface area contributed by atoms with Gasteiger partial charge in [-0.2, -0.15) is 0 Å². The summed E-state index contributed by atoms with van der Waals surface area (Å²) in [4.78, 5) is 35.4. The molecule has 1 fully saturated rings. The lowest BCUT2D eigenvalue weighted by atomic mass is 9.86. The Labute approximate surface area is 201 Å². The highest BCUT2D eigenvalue weighted by Crippen LogP contribution is 2.41. The molecule has 0 radical (unpaired) electrons. The van der Waals surface area contributed by atoms with Crippen molar-refractivity contribution in [3.05, 3.63) is 34.1 Å². The van der Waals surface area contributed by atoms with Gasteiger partial charge in [-0.15, -0.1) is 11.3 Å². The summed E-state index contributed by atoms with van der Waals surface area (Å²) in [6.45, 7) is 4.55. The molecule has 6 rings (SSSR count). The number of anilines is 2. The van der Waals surface area contributed by atoms with Crippen molar-refractivity contribution in [2.24, 2.45) is 10.9 Å². The van der Waals surface area contributed by atoms with Gasteiger partial charge in [0.1, 0.15) is 22.7 Å². The molecular weight excluding hydrogens is 452 g/mol. The van der Waals surface area contributed by atoms with Crippen molar-refractivity contribution in [2.45, 2.75) is 38.8 Å². The van der Waals surface area contributed by atoms with Crippen LogP contribution in [0.2, 0.25) is 0 Å². The molecule has 1 aliphatic carbocycles. The van der Waals surface area contributed by atoms with Crippen LogP contribution in [0.4, 0.5) is 11.5 Å². The number of rotatable bonds is 4. The van der Waals surface area contributed by atoms with E-state index in [1.807, 2.05) is 17.2 Å². The monoisotopic (exact) mass is 478 g/mol. The fourth-order valence-electron chi connectivity index (χ4n) is 5.09. The van der Waals surface area contributed by atoms with Crippen LogP contribution in [-0.2, 0) is 28.9 Å². The van der Waals surface area contributed by atoms with Crippen LogP contribution in [0.3, 0.4) is 0 Å². The molecule has 34 heavy (non-hydrogen) atoms. The van der Waals surface area contributed by atoms with E-state index in [1.165, 1.54) is 10.4 Å². The zero-order valence-electron chi connectivity index (χ0n) is 19.2. The Morgan fingerprint density at radius 1 is 1.35 bits per heavy atom. The summed E-state index contributed by atoms with van der Waals surface area (Å²) >= 11 is 1.67. The van der Waals surface area contributed by atoms with E-state index in [4.69, 9.17) is 9.47 Å². The summed E-state index contributed by atoms with van der Waals surface area (Å²) < 4.78 is 11.0. The molecule has 10 heteroatoms. The molecule has 0 bridgehead atoms. The second-order valence-corrected chi connectivity index (χ2v) is 10.1. The number of carbonyl (C=O) groups excluding carboxylic acids is 1. The van der Waals surface area contributed by atoms with E-state index in [0.29, 0.717) is 32.2 Å². The Balaban J connectivity index is 1.31. The number of thiophene rings is 1. The minimum atomic E-state index is 0.00535. The molecule has 9 nitrogen and oxygen atoms in total.